The first kappa shape index (κ1) is 14.1. The van der Waals surface area contributed by atoms with Crippen molar-refractivity contribution in [3.8, 4) is 0 Å². The Labute approximate surface area is 107 Å². The van der Waals surface area contributed by atoms with Gasteiger partial charge in [-0.3, -0.25) is 4.79 Å². The summed E-state index contributed by atoms with van der Waals surface area (Å²) >= 11 is 1.47. The quantitative estimate of drug-likeness (QED) is 0.850. The zero-order valence-corrected chi connectivity index (χ0v) is 11.7. The summed E-state index contributed by atoms with van der Waals surface area (Å²) < 4.78 is 0. The summed E-state index contributed by atoms with van der Waals surface area (Å²) in [5.74, 6) is 0.369. The number of hydrogen-bond donors (Lipinski definition) is 2. The third kappa shape index (κ3) is 5.28. The molecule has 3 N–H and O–H groups in total. The van der Waals surface area contributed by atoms with Gasteiger partial charge in [0.1, 0.15) is 0 Å². The van der Waals surface area contributed by atoms with Crippen LogP contribution in [-0.2, 0) is 4.79 Å². The lowest BCUT2D eigenvalue weighted by atomic mass is 10.00. The molecule has 0 saturated heterocycles. The Balaban J connectivity index is 2.45. The minimum absolute atomic E-state index is 0.0202. The van der Waals surface area contributed by atoms with E-state index in [0.717, 1.165) is 5.69 Å². The molecule has 1 heterocycles. The molecule has 0 aliphatic carbocycles. The van der Waals surface area contributed by atoms with E-state index in [9.17, 15) is 4.79 Å². The van der Waals surface area contributed by atoms with Gasteiger partial charge in [0.2, 0.25) is 5.91 Å². The van der Waals surface area contributed by atoms with Gasteiger partial charge < -0.3 is 11.1 Å². The van der Waals surface area contributed by atoms with Crippen LogP contribution in [0.5, 0.6) is 0 Å². The van der Waals surface area contributed by atoms with Crippen molar-refractivity contribution >= 4 is 22.4 Å². The third-order valence-corrected chi connectivity index (χ3v) is 3.13. The minimum Gasteiger partial charge on any atom is -0.326 e. The molecule has 1 rings (SSSR count). The van der Waals surface area contributed by atoms with Crippen LogP contribution in [0.25, 0.3) is 0 Å². The molecule has 0 radical (unpaired) electrons. The molecule has 0 atom stereocenters. The molecule has 1 aromatic heterocycles. The average Bonchev–Trinajstić information content (AvgIpc) is 2.62. The molecule has 0 unspecified atom stereocenters. The molecular weight excluding hydrogens is 234 g/mol. The number of amides is 1. The van der Waals surface area contributed by atoms with Crippen LogP contribution >= 0.6 is 11.3 Å². The maximum absolute atomic E-state index is 11.6. The molecule has 5 heteroatoms. The fourth-order valence-corrected chi connectivity index (χ4v) is 2.11. The Morgan fingerprint density at radius 3 is 2.71 bits per heavy atom. The second kappa shape index (κ2) is 5.60. The number of nitrogens with two attached hydrogens (primary N) is 1. The predicted molar refractivity (Wildman–Crippen MR) is 72.3 cm³/mol. The lowest BCUT2D eigenvalue weighted by molar-refractivity contribution is -0.116. The molecule has 0 bridgehead atoms. The van der Waals surface area contributed by atoms with Crippen molar-refractivity contribution in [2.45, 2.75) is 52.0 Å². The lowest BCUT2D eigenvalue weighted by Gasteiger charge is -2.17. The monoisotopic (exact) mass is 255 g/mol. The topological polar surface area (TPSA) is 68.0 Å². The van der Waals surface area contributed by atoms with Gasteiger partial charge in [-0.05, 0) is 26.2 Å². The fraction of sp³-hybridized carbons (Fsp3) is 0.667. The van der Waals surface area contributed by atoms with Crippen molar-refractivity contribution in [1.29, 1.82) is 0 Å². The zero-order valence-electron chi connectivity index (χ0n) is 10.9. The summed E-state index contributed by atoms with van der Waals surface area (Å²) in [4.78, 5) is 16.0. The summed E-state index contributed by atoms with van der Waals surface area (Å²) in [6.07, 6.45) is 1.10. The van der Waals surface area contributed by atoms with Crippen molar-refractivity contribution in [3.05, 3.63) is 11.1 Å². The second-order valence-electron chi connectivity index (χ2n) is 5.27. The van der Waals surface area contributed by atoms with Gasteiger partial charge in [0, 0.05) is 17.3 Å². The van der Waals surface area contributed by atoms with Gasteiger partial charge in [-0.2, -0.15) is 0 Å². The highest BCUT2D eigenvalue weighted by Gasteiger charge is 2.14. The summed E-state index contributed by atoms with van der Waals surface area (Å²) in [5.41, 5.74) is 6.54. The number of anilines is 1. The Morgan fingerprint density at radius 2 is 2.24 bits per heavy atom. The fourth-order valence-electron chi connectivity index (χ4n) is 1.23. The molecule has 0 aliphatic rings. The van der Waals surface area contributed by atoms with Crippen LogP contribution in [0.2, 0.25) is 0 Å². The molecule has 4 nitrogen and oxygen atoms in total. The standard InChI is InChI=1S/C12H21N3OS/c1-8(2)9-7-17-11(14-9)15-10(16)5-6-12(3,4)13/h7-8H,5-6,13H2,1-4H3,(H,14,15,16). The number of aromatic nitrogens is 1. The van der Waals surface area contributed by atoms with E-state index in [2.05, 4.69) is 24.1 Å². The third-order valence-electron chi connectivity index (χ3n) is 2.36. The molecule has 0 fully saturated rings. The van der Waals surface area contributed by atoms with E-state index in [1.54, 1.807) is 0 Å². The van der Waals surface area contributed by atoms with Crippen molar-refractivity contribution in [3.63, 3.8) is 0 Å². The van der Waals surface area contributed by atoms with Crippen molar-refractivity contribution in [2.75, 3.05) is 5.32 Å². The number of nitrogens with zero attached hydrogens (tertiary/aromatic N) is 1. The van der Waals surface area contributed by atoms with Crippen LogP contribution in [0.3, 0.4) is 0 Å². The van der Waals surface area contributed by atoms with E-state index >= 15 is 0 Å². The Bertz CT molecular complexity index is 379. The Morgan fingerprint density at radius 1 is 1.59 bits per heavy atom. The number of hydrogen-bond acceptors (Lipinski definition) is 4. The molecular formula is C12H21N3OS. The number of nitrogens with one attached hydrogen (secondary N) is 1. The Kier molecular flexibility index (Phi) is 4.65. The molecule has 0 aliphatic heterocycles. The highest BCUT2D eigenvalue weighted by molar-refractivity contribution is 7.13. The molecule has 0 aromatic carbocycles. The van der Waals surface area contributed by atoms with Gasteiger partial charge >= 0.3 is 0 Å². The summed E-state index contributed by atoms with van der Waals surface area (Å²) in [6.45, 7) is 8.00. The average molecular weight is 255 g/mol. The number of thiazole rings is 1. The van der Waals surface area contributed by atoms with E-state index < -0.39 is 0 Å². The first-order valence-corrected chi connectivity index (χ1v) is 6.70. The molecule has 96 valence electrons. The van der Waals surface area contributed by atoms with Gasteiger partial charge in [-0.1, -0.05) is 13.8 Å². The summed E-state index contributed by atoms with van der Waals surface area (Å²) in [5, 5.41) is 5.46. The van der Waals surface area contributed by atoms with E-state index in [4.69, 9.17) is 5.73 Å². The van der Waals surface area contributed by atoms with Gasteiger partial charge in [0.05, 0.1) is 5.69 Å². The maximum atomic E-state index is 11.6. The van der Waals surface area contributed by atoms with Gasteiger partial charge in [0.25, 0.3) is 0 Å². The first-order chi connectivity index (χ1) is 7.78. The van der Waals surface area contributed by atoms with Crippen molar-refractivity contribution in [2.24, 2.45) is 5.73 Å². The second-order valence-corrected chi connectivity index (χ2v) is 6.13. The maximum Gasteiger partial charge on any atom is 0.226 e. The first-order valence-electron chi connectivity index (χ1n) is 5.82. The van der Waals surface area contributed by atoms with E-state index in [0.29, 0.717) is 23.9 Å². The van der Waals surface area contributed by atoms with Gasteiger partial charge in [-0.15, -0.1) is 11.3 Å². The highest BCUT2D eigenvalue weighted by atomic mass is 32.1. The van der Waals surface area contributed by atoms with Crippen molar-refractivity contribution < 1.29 is 4.79 Å². The van der Waals surface area contributed by atoms with Gasteiger partial charge in [-0.25, -0.2) is 4.98 Å². The SMILES string of the molecule is CC(C)c1csc(NC(=O)CCC(C)(C)N)n1. The molecule has 0 spiro atoms. The predicted octanol–water partition coefficient (Wildman–Crippen LogP) is 2.72. The number of rotatable bonds is 5. The zero-order chi connectivity index (χ0) is 13.1. The Hall–Kier alpha value is -0.940. The van der Waals surface area contributed by atoms with E-state index in [-0.39, 0.29) is 11.4 Å². The molecule has 17 heavy (non-hydrogen) atoms. The van der Waals surface area contributed by atoms with Crippen LogP contribution in [-0.4, -0.2) is 16.4 Å². The van der Waals surface area contributed by atoms with E-state index in [1.165, 1.54) is 11.3 Å². The van der Waals surface area contributed by atoms with Gasteiger partial charge in [0.15, 0.2) is 5.13 Å². The number of carbonyl (C=O) groups is 1. The summed E-state index contributed by atoms with van der Waals surface area (Å²) in [6, 6.07) is 0. The normalized spacial score (nSPS) is 11.9. The van der Waals surface area contributed by atoms with Crippen LogP contribution in [0.1, 0.15) is 52.1 Å². The molecule has 0 saturated carbocycles. The minimum atomic E-state index is -0.302. The number of carbonyl (C=O) groups excluding carboxylic acids is 1. The lowest BCUT2D eigenvalue weighted by Crippen LogP contribution is -2.33. The van der Waals surface area contributed by atoms with Crippen LogP contribution in [0.15, 0.2) is 5.38 Å². The molecule has 1 aromatic rings. The highest BCUT2D eigenvalue weighted by Crippen LogP contribution is 2.21. The van der Waals surface area contributed by atoms with Crippen LogP contribution in [0, 0.1) is 0 Å². The largest absolute Gasteiger partial charge is 0.326 e. The summed E-state index contributed by atoms with van der Waals surface area (Å²) in [7, 11) is 0. The van der Waals surface area contributed by atoms with Crippen molar-refractivity contribution in [1.82, 2.24) is 4.98 Å². The van der Waals surface area contributed by atoms with Crippen LogP contribution < -0.4 is 11.1 Å². The molecule has 1 amide bonds. The smallest absolute Gasteiger partial charge is 0.226 e. The van der Waals surface area contributed by atoms with Crippen LogP contribution in [0.4, 0.5) is 5.13 Å². The van der Waals surface area contributed by atoms with E-state index in [1.807, 2.05) is 19.2 Å².